The van der Waals surface area contributed by atoms with Crippen LogP contribution in [-0.2, 0) is 0 Å². The van der Waals surface area contributed by atoms with E-state index in [0.717, 1.165) is 30.0 Å². The van der Waals surface area contributed by atoms with Crippen LogP contribution in [0.2, 0.25) is 0 Å². The van der Waals surface area contributed by atoms with Gasteiger partial charge in [-0.2, -0.15) is 0 Å². The Hall–Kier alpha value is -0.310. The highest BCUT2D eigenvalue weighted by Crippen LogP contribution is 2.27. The Morgan fingerprint density at radius 3 is 2.38 bits per heavy atom. The SMILES string of the molecule is CC(C)CNC(=S)NCC1CCC(C)CC1. The molecule has 2 nitrogen and oxygen atoms in total. The fraction of sp³-hybridized carbons (Fsp3) is 0.923. The molecule has 0 heterocycles. The van der Waals surface area contributed by atoms with Gasteiger partial charge in [-0.15, -0.1) is 0 Å². The zero-order valence-electron chi connectivity index (χ0n) is 10.9. The lowest BCUT2D eigenvalue weighted by atomic mass is 9.83. The first-order valence-electron chi connectivity index (χ1n) is 6.59. The van der Waals surface area contributed by atoms with Gasteiger partial charge in [-0.1, -0.05) is 33.6 Å². The molecule has 1 fully saturated rings. The Bertz CT molecular complexity index is 208. The van der Waals surface area contributed by atoms with Gasteiger partial charge in [0.25, 0.3) is 0 Å². The maximum absolute atomic E-state index is 5.24. The molecule has 1 aliphatic carbocycles. The summed E-state index contributed by atoms with van der Waals surface area (Å²) in [4.78, 5) is 0. The molecule has 0 atom stereocenters. The van der Waals surface area contributed by atoms with Crippen LogP contribution < -0.4 is 10.6 Å². The largest absolute Gasteiger partial charge is 0.362 e. The molecule has 94 valence electrons. The van der Waals surface area contributed by atoms with Crippen molar-refractivity contribution in [2.45, 2.75) is 46.5 Å². The molecule has 0 amide bonds. The van der Waals surface area contributed by atoms with Gasteiger partial charge in [-0.25, -0.2) is 0 Å². The third-order valence-electron chi connectivity index (χ3n) is 3.36. The van der Waals surface area contributed by atoms with Crippen LogP contribution in [0.1, 0.15) is 46.5 Å². The van der Waals surface area contributed by atoms with Gasteiger partial charge in [0.1, 0.15) is 0 Å². The summed E-state index contributed by atoms with van der Waals surface area (Å²) >= 11 is 5.24. The molecular formula is C13H26N2S. The molecule has 1 rings (SSSR count). The molecule has 0 aromatic rings. The van der Waals surface area contributed by atoms with E-state index in [1.54, 1.807) is 0 Å². The quantitative estimate of drug-likeness (QED) is 0.741. The fourth-order valence-electron chi connectivity index (χ4n) is 2.13. The molecule has 0 aromatic heterocycles. The number of rotatable bonds is 4. The van der Waals surface area contributed by atoms with Crippen LogP contribution in [-0.4, -0.2) is 18.2 Å². The standard InChI is InChI=1S/C13H26N2S/c1-10(2)8-14-13(16)15-9-12-6-4-11(3)5-7-12/h10-12H,4-9H2,1-3H3,(H2,14,15,16). The minimum Gasteiger partial charge on any atom is -0.362 e. The summed E-state index contributed by atoms with van der Waals surface area (Å²) in [7, 11) is 0. The van der Waals surface area contributed by atoms with Crippen molar-refractivity contribution in [2.75, 3.05) is 13.1 Å². The van der Waals surface area contributed by atoms with Crippen LogP contribution >= 0.6 is 12.2 Å². The Labute approximate surface area is 106 Å². The molecule has 0 bridgehead atoms. The molecule has 0 unspecified atom stereocenters. The second-order valence-electron chi connectivity index (χ2n) is 5.61. The second-order valence-corrected chi connectivity index (χ2v) is 6.02. The number of hydrogen-bond donors (Lipinski definition) is 2. The molecule has 0 aromatic carbocycles. The average Bonchev–Trinajstić information content (AvgIpc) is 2.25. The minimum absolute atomic E-state index is 0.648. The van der Waals surface area contributed by atoms with E-state index < -0.39 is 0 Å². The van der Waals surface area contributed by atoms with Crippen molar-refractivity contribution in [1.29, 1.82) is 0 Å². The van der Waals surface area contributed by atoms with E-state index in [4.69, 9.17) is 12.2 Å². The van der Waals surface area contributed by atoms with E-state index in [-0.39, 0.29) is 0 Å². The van der Waals surface area contributed by atoms with Gasteiger partial charge in [0, 0.05) is 13.1 Å². The molecule has 1 aliphatic rings. The monoisotopic (exact) mass is 242 g/mol. The van der Waals surface area contributed by atoms with Gasteiger partial charge in [-0.3, -0.25) is 0 Å². The van der Waals surface area contributed by atoms with Crippen LogP contribution in [0.15, 0.2) is 0 Å². The Kier molecular flexibility index (Phi) is 6.10. The smallest absolute Gasteiger partial charge is 0.166 e. The van der Waals surface area contributed by atoms with E-state index in [1.165, 1.54) is 25.7 Å². The number of hydrogen-bond acceptors (Lipinski definition) is 1. The number of nitrogens with one attached hydrogen (secondary N) is 2. The Balaban J connectivity index is 2.07. The van der Waals surface area contributed by atoms with Crippen molar-refractivity contribution in [3.63, 3.8) is 0 Å². The van der Waals surface area contributed by atoms with E-state index in [2.05, 4.69) is 31.4 Å². The van der Waals surface area contributed by atoms with E-state index >= 15 is 0 Å². The molecular weight excluding hydrogens is 216 g/mol. The van der Waals surface area contributed by atoms with Gasteiger partial charge >= 0.3 is 0 Å². The van der Waals surface area contributed by atoms with Crippen LogP contribution in [0.5, 0.6) is 0 Å². The summed E-state index contributed by atoms with van der Waals surface area (Å²) < 4.78 is 0. The van der Waals surface area contributed by atoms with Crippen molar-refractivity contribution in [1.82, 2.24) is 10.6 Å². The maximum Gasteiger partial charge on any atom is 0.166 e. The summed E-state index contributed by atoms with van der Waals surface area (Å²) in [5.41, 5.74) is 0. The first kappa shape index (κ1) is 13.8. The topological polar surface area (TPSA) is 24.1 Å². The zero-order chi connectivity index (χ0) is 12.0. The Morgan fingerprint density at radius 1 is 1.19 bits per heavy atom. The van der Waals surface area contributed by atoms with E-state index in [1.807, 2.05) is 0 Å². The van der Waals surface area contributed by atoms with Gasteiger partial charge in [0.15, 0.2) is 5.11 Å². The third-order valence-corrected chi connectivity index (χ3v) is 3.65. The summed E-state index contributed by atoms with van der Waals surface area (Å²) in [6.45, 7) is 8.76. The maximum atomic E-state index is 5.24. The molecule has 0 radical (unpaired) electrons. The lowest BCUT2D eigenvalue weighted by Gasteiger charge is -2.26. The van der Waals surface area contributed by atoms with Crippen molar-refractivity contribution in [2.24, 2.45) is 17.8 Å². The summed E-state index contributed by atoms with van der Waals surface area (Å²) in [5.74, 6) is 2.41. The molecule has 0 spiro atoms. The first-order valence-corrected chi connectivity index (χ1v) is 7.00. The van der Waals surface area contributed by atoms with Crippen LogP contribution in [0.25, 0.3) is 0 Å². The number of thiocarbonyl (C=S) groups is 1. The van der Waals surface area contributed by atoms with Crippen LogP contribution in [0.3, 0.4) is 0 Å². The third kappa shape index (κ3) is 5.69. The average molecular weight is 242 g/mol. The van der Waals surface area contributed by atoms with Crippen molar-refractivity contribution < 1.29 is 0 Å². The van der Waals surface area contributed by atoms with Gasteiger partial charge in [0.2, 0.25) is 0 Å². The first-order chi connectivity index (χ1) is 7.58. The van der Waals surface area contributed by atoms with Gasteiger partial charge in [-0.05, 0) is 42.8 Å². The fourth-order valence-corrected chi connectivity index (χ4v) is 2.30. The summed E-state index contributed by atoms with van der Waals surface area (Å²) in [5, 5.41) is 7.42. The van der Waals surface area contributed by atoms with Crippen molar-refractivity contribution in [3.05, 3.63) is 0 Å². The van der Waals surface area contributed by atoms with E-state index in [9.17, 15) is 0 Å². The van der Waals surface area contributed by atoms with Gasteiger partial charge in [0.05, 0.1) is 0 Å². The molecule has 3 heteroatoms. The second kappa shape index (κ2) is 7.10. The summed E-state index contributed by atoms with van der Waals surface area (Å²) in [6.07, 6.45) is 5.50. The molecule has 0 saturated heterocycles. The van der Waals surface area contributed by atoms with Crippen molar-refractivity contribution >= 4 is 17.3 Å². The van der Waals surface area contributed by atoms with Crippen LogP contribution in [0, 0.1) is 17.8 Å². The molecule has 1 saturated carbocycles. The van der Waals surface area contributed by atoms with E-state index in [0.29, 0.717) is 5.92 Å². The predicted molar refractivity (Wildman–Crippen MR) is 74.6 cm³/mol. The lowest BCUT2D eigenvalue weighted by molar-refractivity contribution is 0.290. The van der Waals surface area contributed by atoms with Crippen molar-refractivity contribution in [3.8, 4) is 0 Å². The highest BCUT2D eigenvalue weighted by molar-refractivity contribution is 7.80. The minimum atomic E-state index is 0.648. The zero-order valence-corrected chi connectivity index (χ0v) is 11.7. The predicted octanol–water partition coefficient (Wildman–Crippen LogP) is 2.93. The van der Waals surface area contributed by atoms with Gasteiger partial charge < -0.3 is 10.6 Å². The molecule has 0 aliphatic heterocycles. The highest BCUT2D eigenvalue weighted by Gasteiger charge is 2.17. The highest BCUT2D eigenvalue weighted by atomic mass is 32.1. The summed E-state index contributed by atoms with van der Waals surface area (Å²) in [6, 6.07) is 0. The molecule has 16 heavy (non-hydrogen) atoms. The normalized spacial score (nSPS) is 25.5. The molecule has 2 N–H and O–H groups in total. The Morgan fingerprint density at radius 2 is 1.81 bits per heavy atom. The lowest BCUT2D eigenvalue weighted by Crippen LogP contribution is -2.40. The van der Waals surface area contributed by atoms with Crippen LogP contribution in [0.4, 0.5) is 0 Å².